The molecule has 0 saturated carbocycles. The Morgan fingerprint density at radius 2 is 1.78 bits per heavy atom. The lowest BCUT2D eigenvalue weighted by Gasteiger charge is -2.35. The first kappa shape index (κ1) is 21.8. The number of hydrogen-bond acceptors (Lipinski definition) is 6. The number of rotatable bonds is 4. The van der Waals surface area contributed by atoms with E-state index in [0.29, 0.717) is 22.2 Å². The molecule has 1 saturated heterocycles. The SMILES string of the molecule is COc1cc2c(cc1N1CCN(C)CC1)N(S(=O)(=O)c1sc3ccc(Cl)cc3c1C)CC2. The Bertz CT molecular complexity index is 1300. The number of methoxy groups -OCH3 is 1. The molecule has 2 aliphatic heterocycles. The third-order valence-corrected chi connectivity index (χ3v) is 10.4. The summed E-state index contributed by atoms with van der Waals surface area (Å²) >= 11 is 7.47. The number of piperazine rings is 1. The maximum atomic E-state index is 13.8. The minimum atomic E-state index is -3.69. The summed E-state index contributed by atoms with van der Waals surface area (Å²) < 4.78 is 36.2. The maximum absolute atomic E-state index is 13.8. The smallest absolute Gasteiger partial charge is 0.274 e. The van der Waals surface area contributed by atoms with Crippen LogP contribution in [0.4, 0.5) is 11.4 Å². The number of thiophene rings is 1. The predicted octanol–water partition coefficient (Wildman–Crippen LogP) is 4.37. The van der Waals surface area contributed by atoms with Gasteiger partial charge in [-0.3, -0.25) is 4.31 Å². The molecule has 32 heavy (non-hydrogen) atoms. The minimum Gasteiger partial charge on any atom is -0.495 e. The summed E-state index contributed by atoms with van der Waals surface area (Å²) in [5.41, 5.74) is 3.48. The van der Waals surface area contributed by atoms with Gasteiger partial charge in [-0.25, -0.2) is 8.42 Å². The van der Waals surface area contributed by atoms with Gasteiger partial charge >= 0.3 is 0 Å². The van der Waals surface area contributed by atoms with E-state index in [1.165, 1.54) is 11.3 Å². The van der Waals surface area contributed by atoms with Gasteiger partial charge in [0.1, 0.15) is 9.96 Å². The molecule has 3 heterocycles. The van der Waals surface area contributed by atoms with Crippen molar-refractivity contribution in [1.82, 2.24) is 4.90 Å². The van der Waals surface area contributed by atoms with Gasteiger partial charge in [0, 0.05) is 42.4 Å². The number of sulfonamides is 1. The monoisotopic (exact) mass is 491 g/mol. The fourth-order valence-corrected chi connectivity index (χ4v) is 8.11. The number of likely N-dealkylation sites (N-methyl/N-ethyl adjacent to an activating group) is 1. The van der Waals surface area contributed by atoms with E-state index in [9.17, 15) is 8.42 Å². The van der Waals surface area contributed by atoms with Crippen molar-refractivity contribution in [2.45, 2.75) is 17.6 Å². The third kappa shape index (κ3) is 3.53. The summed E-state index contributed by atoms with van der Waals surface area (Å²) in [4.78, 5) is 4.58. The van der Waals surface area contributed by atoms with Gasteiger partial charge in [0.25, 0.3) is 10.0 Å². The summed E-state index contributed by atoms with van der Waals surface area (Å²) in [6.07, 6.45) is 0.670. The standard InChI is InChI=1S/C23H26ClN3O3S2/c1-15-18-13-17(24)4-5-22(18)31-23(15)32(28,29)27-7-6-16-12-21(30-3)20(14-19(16)27)26-10-8-25(2)9-11-26/h4-5,12-14H,6-11H2,1-3H3. The number of nitrogens with zero attached hydrogens (tertiary/aromatic N) is 3. The van der Waals surface area contributed by atoms with E-state index in [2.05, 4.69) is 16.8 Å². The molecule has 9 heteroatoms. The van der Waals surface area contributed by atoms with E-state index in [4.69, 9.17) is 16.3 Å². The molecule has 0 N–H and O–H groups in total. The molecule has 2 aromatic carbocycles. The molecule has 1 fully saturated rings. The molecular weight excluding hydrogens is 466 g/mol. The van der Waals surface area contributed by atoms with Crippen LogP contribution in [0.2, 0.25) is 5.02 Å². The Balaban J connectivity index is 1.57. The highest BCUT2D eigenvalue weighted by Gasteiger charge is 2.35. The molecule has 0 bridgehead atoms. The maximum Gasteiger partial charge on any atom is 0.274 e. The van der Waals surface area contributed by atoms with Crippen LogP contribution in [0.25, 0.3) is 10.1 Å². The molecule has 3 aromatic rings. The number of hydrogen-bond donors (Lipinski definition) is 0. The quantitative estimate of drug-likeness (QED) is 0.542. The van der Waals surface area contributed by atoms with Gasteiger partial charge < -0.3 is 14.5 Å². The Hall–Kier alpha value is -2.00. The second kappa shape index (κ2) is 8.09. The highest BCUT2D eigenvalue weighted by Crippen LogP contribution is 2.44. The number of fused-ring (bicyclic) bond motifs is 2. The van der Waals surface area contributed by atoms with E-state index in [-0.39, 0.29) is 0 Å². The van der Waals surface area contributed by atoms with E-state index < -0.39 is 10.0 Å². The van der Waals surface area contributed by atoms with Gasteiger partial charge in [-0.2, -0.15) is 0 Å². The Morgan fingerprint density at radius 1 is 1.03 bits per heavy atom. The zero-order valence-corrected chi connectivity index (χ0v) is 20.8. The number of benzene rings is 2. The van der Waals surface area contributed by atoms with Crippen LogP contribution >= 0.6 is 22.9 Å². The van der Waals surface area contributed by atoms with Crippen LogP contribution in [0.5, 0.6) is 5.75 Å². The van der Waals surface area contributed by atoms with E-state index >= 15 is 0 Å². The largest absolute Gasteiger partial charge is 0.495 e. The van der Waals surface area contributed by atoms with Gasteiger partial charge in [-0.1, -0.05) is 11.6 Å². The summed E-state index contributed by atoms with van der Waals surface area (Å²) in [5, 5.41) is 1.51. The molecule has 0 radical (unpaired) electrons. The van der Waals surface area contributed by atoms with Gasteiger partial charge in [-0.15, -0.1) is 11.3 Å². The molecule has 0 atom stereocenters. The lowest BCUT2D eigenvalue weighted by molar-refractivity contribution is 0.311. The molecule has 5 rings (SSSR count). The van der Waals surface area contributed by atoms with Crippen molar-refractivity contribution >= 4 is 54.4 Å². The molecule has 0 spiro atoms. The second-order valence-corrected chi connectivity index (χ2v) is 12.0. The highest BCUT2D eigenvalue weighted by atomic mass is 35.5. The van der Waals surface area contributed by atoms with E-state index in [0.717, 1.165) is 64.5 Å². The van der Waals surface area contributed by atoms with Crippen molar-refractivity contribution in [3.63, 3.8) is 0 Å². The van der Waals surface area contributed by atoms with E-state index in [1.54, 1.807) is 17.5 Å². The molecular formula is C23H26ClN3O3S2. The fourth-order valence-electron chi connectivity index (χ4n) is 4.60. The molecule has 170 valence electrons. The number of ether oxygens (including phenoxy) is 1. The minimum absolute atomic E-state index is 0.389. The van der Waals surface area contributed by atoms with Crippen LogP contribution in [0.1, 0.15) is 11.1 Å². The van der Waals surface area contributed by atoms with Gasteiger partial charge in [0.2, 0.25) is 0 Å². The topological polar surface area (TPSA) is 53.1 Å². The van der Waals surface area contributed by atoms with Crippen LogP contribution in [-0.4, -0.2) is 60.2 Å². The first-order valence-corrected chi connectivity index (χ1v) is 13.3. The van der Waals surface area contributed by atoms with Crippen LogP contribution in [0.3, 0.4) is 0 Å². The predicted molar refractivity (Wildman–Crippen MR) is 133 cm³/mol. The zero-order chi connectivity index (χ0) is 22.6. The third-order valence-electron chi connectivity index (χ3n) is 6.46. The fraction of sp³-hybridized carbons (Fsp3) is 0.391. The van der Waals surface area contributed by atoms with Crippen molar-refractivity contribution < 1.29 is 13.2 Å². The normalized spacial score (nSPS) is 17.2. The van der Waals surface area contributed by atoms with Crippen LogP contribution < -0.4 is 13.9 Å². The van der Waals surface area contributed by atoms with Gasteiger partial charge in [0.05, 0.1) is 18.5 Å². The number of aryl methyl sites for hydroxylation is 1. The van der Waals surface area contributed by atoms with Crippen molar-refractivity contribution in [1.29, 1.82) is 0 Å². The van der Waals surface area contributed by atoms with Gasteiger partial charge in [0.15, 0.2) is 0 Å². The Kier molecular flexibility index (Phi) is 5.52. The van der Waals surface area contributed by atoms with Crippen molar-refractivity contribution in [2.75, 3.05) is 56.1 Å². The first-order chi connectivity index (χ1) is 15.3. The van der Waals surface area contributed by atoms with E-state index in [1.807, 2.05) is 31.2 Å². The molecule has 0 amide bonds. The van der Waals surface area contributed by atoms with Gasteiger partial charge in [-0.05, 0) is 67.2 Å². The molecule has 2 aliphatic rings. The summed E-state index contributed by atoms with van der Waals surface area (Å²) in [6, 6.07) is 9.55. The second-order valence-electron chi connectivity index (χ2n) is 8.43. The lowest BCUT2D eigenvalue weighted by Crippen LogP contribution is -2.44. The van der Waals surface area contributed by atoms with Crippen LogP contribution in [0, 0.1) is 6.92 Å². The van der Waals surface area contributed by atoms with Crippen LogP contribution in [0.15, 0.2) is 34.5 Å². The lowest BCUT2D eigenvalue weighted by atomic mass is 10.1. The Labute approximate surface area is 198 Å². The van der Waals surface area contributed by atoms with Crippen LogP contribution in [-0.2, 0) is 16.4 Å². The number of halogens is 1. The average molecular weight is 492 g/mol. The molecule has 0 unspecified atom stereocenters. The number of anilines is 2. The highest BCUT2D eigenvalue weighted by molar-refractivity contribution is 7.95. The molecule has 1 aromatic heterocycles. The van der Waals surface area contributed by atoms with Crippen molar-refractivity contribution in [2.24, 2.45) is 0 Å². The summed E-state index contributed by atoms with van der Waals surface area (Å²) in [5.74, 6) is 0.806. The Morgan fingerprint density at radius 3 is 2.50 bits per heavy atom. The summed E-state index contributed by atoms with van der Waals surface area (Å²) in [7, 11) is 0.102. The average Bonchev–Trinajstić information content (AvgIpc) is 3.35. The van der Waals surface area contributed by atoms with Crippen molar-refractivity contribution in [3.8, 4) is 5.75 Å². The summed E-state index contributed by atoms with van der Waals surface area (Å²) in [6.45, 7) is 5.99. The van der Waals surface area contributed by atoms with Crippen molar-refractivity contribution in [3.05, 3.63) is 46.5 Å². The first-order valence-electron chi connectivity index (χ1n) is 10.7. The molecule has 0 aliphatic carbocycles. The zero-order valence-electron chi connectivity index (χ0n) is 18.4. The molecule has 6 nitrogen and oxygen atoms in total.